The number of nitrogen functional groups attached to an aromatic ring is 1. The highest BCUT2D eigenvalue weighted by Gasteiger charge is 2.30. The maximum absolute atomic E-state index is 13.0. The highest BCUT2D eigenvalue weighted by atomic mass is 16.6. The molecule has 1 heterocycles. The Morgan fingerprint density at radius 1 is 1.26 bits per heavy atom. The normalized spacial score (nSPS) is 10.6. The number of pyridine rings is 1. The van der Waals surface area contributed by atoms with Crippen LogP contribution in [0.4, 0.5) is 22.0 Å². The van der Waals surface area contributed by atoms with E-state index in [0.29, 0.717) is 23.5 Å². The second kappa shape index (κ2) is 13.4. The highest BCUT2D eigenvalue weighted by Crippen LogP contribution is 2.37. The van der Waals surface area contributed by atoms with E-state index in [1.54, 1.807) is 31.2 Å². The van der Waals surface area contributed by atoms with E-state index in [1.165, 1.54) is 13.2 Å². The molecule has 1 amide bonds. The van der Waals surface area contributed by atoms with Crippen molar-refractivity contribution in [1.29, 1.82) is 0 Å². The number of carbonyl (C=O) groups excluding carboxylic acids is 1. The molecule has 0 aliphatic heterocycles. The van der Waals surface area contributed by atoms with Crippen LogP contribution >= 0.6 is 0 Å². The molecule has 2 N–H and O–H groups in total. The zero-order chi connectivity index (χ0) is 25.8. The Kier molecular flexibility index (Phi) is 10.3. The molecule has 1 aromatic heterocycles. The van der Waals surface area contributed by atoms with Gasteiger partial charge in [-0.2, -0.15) is 4.98 Å². The minimum Gasteiger partial charge on any atom is -0.497 e. The summed E-state index contributed by atoms with van der Waals surface area (Å²) >= 11 is 0. The van der Waals surface area contributed by atoms with E-state index in [1.807, 2.05) is 19.1 Å². The standard InChI is InChI=1S/C24H30N4O7/c1-5-8-9-11-35-21-15-20(22(28(30)31)23(25)26-21)27(24(29)33-7-3)16-17-12-18(32-4)14-19(13-17)34-10-6-2/h5-6,8,12-15H,2,7,9-11,16H2,1,3-4H3,(H2,25,26)/b8-5+. The number of nitrogens with zero attached hydrogens (tertiary/aromatic N) is 3. The molecule has 0 atom stereocenters. The molecule has 0 radical (unpaired) electrons. The molecule has 2 rings (SSSR count). The summed E-state index contributed by atoms with van der Waals surface area (Å²) in [6.45, 7) is 7.61. The maximum Gasteiger partial charge on any atom is 0.414 e. The minimum atomic E-state index is -0.808. The first-order valence-electron chi connectivity index (χ1n) is 10.9. The molecule has 2 aromatic rings. The van der Waals surface area contributed by atoms with Crippen LogP contribution in [0.25, 0.3) is 0 Å². The van der Waals surface area contributed by atoms with Gasteiger partial charge in [-0.1, -0.05) is 24.8 Å². The van der Waals surface area contributed by atoms with Crippen LogP contribution < -0.4 is 24.8 Å². The second-order valence-electron chi connectivity index (χ2n) is 7.08. The minimum absolute atomic E-state index is 0.0440. The molecule has 0 saturated carbocycles. The number of rotatable bonds is 13. The summed E-state index contributed by atoms with van der Waals surface area (Å²) in [5.74, 6) is 0.605. The first-order valence-corrected chi connectivity index (χ1v) is 10.9. The second-order valence-corrected chi connectivity index (χ2v) is 7.08. The van der Waals surface area contributed by atoms with Crippen LogP contribution in [0.1, 0.15) is 25.8 Å². The lowest BCUT2D eigenvalue weighted by molar-refractivity contribution is -0.383. The summed E-state index contributed by atoms with van der Waals surface area (Å²) < 4.78 is 21.7. The van der Waals surface area contributed by atoms with Gasteiger partial charge in [-0.25, -0.2) is 4.79 Å². The van der Waals surface area contributed by atoms with E-state index in [-0.39, 0.29) is 43.8 Å². The quantitative estimate of drug-likeness (QED) is 0.185. The van der Waals surface area contributed by atoms with Crippen molar-refractivity contribution in [2.45, 2.75) is 26.8 Å². The lowest BCUT2D eigenvalue weighted by atomic mass is 10.1. The number of allylic oxidation sites excluding steroid dienone is 1. The molecule has 0 aliphatic rings. The van der Waals surface area contributed by atoms with Crippen molar-refractivity contribution in [3.8, 4) is 17.4 Å². The zero-order valence-corrected chi connectivity index (χ0v) is 20.1. The number of methoxy groups -OCH3 is 1. The Bertz CT molecular complexity index is 1070. The number of benzene rings is 1. The van der Waals surface area contributed by atoms with Crippen molar-refractivity contribution in [2.75, 3.05) is 37.6 Å². The number of ether oxygens (including phenoxy) is 4. The highest BCUT2D eigenvalue weighted by molar-refractivity contribution is 5.92. The number of aromatic nitrogens is 1. The third-order valence-corrected chi connectivity index (χ3v) is 4.59. The molecule has 11 nitrogen and oxygen atoms in total. The summed E-state index contributed by atoms with van der Waals surface area (Å²) in [6.07, 6.45) is 5.15. The van der Waals surface area contributed by atoms with Crippen molar-refractivity contribution in [3.63, 3.8) is 0 Å². The van der Waals surface area contributed by atoms with E-state index >= 15 is 0 Å². The van der Waals surface area contributed by atoms with Crippen LogP contribution in [-0.2, 0) is 11.3 Å². The van der Waals surface area contributed by atoms with E-state index in [0.717, 1.165) is 4.90 Å². The first kappa shape index (κ1) is 27.0. The van der Waals surface area contributed by atoms with Crippen LogP contribution in [-0.4, -0.2) is 42.9 Å². The zero-order valence-electron chi connectivity index (χ0n) is 20.1. The summed E-state index contributed by atoms with van der Waals surface area (Å²) in [4.78, 5) is 29.2. The first-order chi connectivity index (χ1) is 16.8. The fourth-order valence-electron chi connectivity index (χ4n) is 3.10. The number of amides is 1. The summed E-state index contributed by atoms with van der Waals surface area (Å²) in [5, 5.41) is 11.9. The Hall–Kier alpha value is -4.28. The molecule has 35 heavy (non-hydrogen) atoms. The molecule has 11 heteroatoms. The van der Waals surface area contributed by atoms with Crippen LogP contribution in [0, 0.1) is 10.1 Å². The van der Waals surface area contributed by atoms with Crippen molar-refractivity contribution in [1.82, 2.24) is 4.98 Å². The lowest BCUT2D eigenvalue weighted by Crippen LogP contribution is -2.32. The number of carbonyl (C=O) groups is 1. The Balaban J connectivity index is 2.56. The predicted molar refractivity (Wildman–Crippen MR) is 132 cm³/mol. The van der Waals surface area contributed by atoms with Gasteiger partial charge in [0.15, 0.2) is 0 Å². The van der Waals surface area contributed by atoms with Crippen molar-refractivity contribution in [3.05, 3.63) is 64.8 Å². The van der Waals surface area contributed by atoms with Gasteiger partial charge in [0.05, 0.1) is 31.8 Å². The van der Waals surface area contributed by atoms with E-state index in [2.05, 4.69) is 11.6 Å². The van der Waals surface area contributed by atoms with Crippen molar-refractivity contribution in [2.24, 2.45) is 0 Å². The Morgan fingerprint density at radius 3 is 2.63 bits per heavy atom. The van der Waals surface area contributed by atoms with Gasteiger partial charge in [0, 0.05) is 12.1 Å². The van der Waals surface area contributed by atoms with Crippen LogP contribution in [0.5, 0.6) is 17.4 Å². The average Bonchev–Trinajstić information content (AvgIpc) is 2.83. The molecule has 0 saturated heterocycles. The Morgan fingerprint density at radius 2 is 2.00 bits per heavy atom. The van der Waals surface area contributed by atoms with Crippen LogP contribution in [0.3, 0.4) is 0 Å². The van der Waals surface area contributed by atoms with Gasteiger partial charge >= 0.3 is 11.8 Å². The fourth-order valence-corrected chi connectivity index (χ4v) is 3.10. The average molecular weight is 487 g/mol. The lowest BCUT2D eigenvalue weighted by Gasteiger charge is -2.23. The molecular formula is C24H30N4O7. The van der Waals surface area contributed by atoms with E-state index in [4.69, 9.17) is 24.7 Å². The van der Waals surface area contributed by atoms with E-state index < -0.39 is 16.7 Å². The van der Waals surface area contributed by atoms with Gasteiger partial charge < -0.3 is 24.7 Å². The SMILES string of the molecule is C=CCOc1cc(CN(C(=O)OCC)c2cc(OCC/C=C/C)nc(N)c2[N+](=O)[O-])cc(OC)c1. The third kappa shape index (κ3) is 7.63. The maximum atomic E-state index is 13.0. The van der Waals surface area contributed by atoms with Gasteiger partial charge in [0.1, 0.15) is 23.8 Å². The number of nitrogens with two attached hydrogens (primary N) is 1. The summed E-state index contributed by atoms with van der Waals surface area (Å²) in [6, 6.07) is 6.34. The number of nitro groups is 1. The van der Waals surface area contributed by atoms with Crippen molar-refractivity contribution >= 4 is 23.3 Å². The molecule has 188 valence electrons. The van der Waals surface area contributed by atoms with Crippen molar-refractivity contribution < 1.29 is 28.7 Å². The molecule has 0 bridgehead atoms. The van der Waals surface area contributed by atoms with Crippen LogP contribution in [0.15, 0.2) is 49.1 Å². The van der Waals surface area contributed by atoms with Gasteiger partial charge in [-0.15, -0.1) is 0 Å². The summed E-state index contributed by atoms with van der Waals surface area (Å²) in [5.41, 5.74) is 5.83. The molecule has 0 fully saturated rings. The summed E-state index contributed by atoms with van der Waals surface area (Å²) in [7, 11) is 1.49. The van der Waals surface area contributed by atoms with Gasteiger partial charge in [-0.05, 0) is 38.0 Å². The molecule has 0 aliphatic carbocycles. The fraction of sp³-hybridized carbons (Fsp3) is 0.333. The number of hydrogen-bond acceptors (Lipinski definition) is 9. The van der Waals surface area contributed by atoms with Gasteiger partial charge in [0.25, 0.3) is 0 Å². The third-order valence-electron chi connectivity index (χ3n) is 4.59. The monoisotopic (exact) mass is 486 g/mol. The molecule has 1 aromatic carbocycles. The molecule has 0 spiro atoms. The topological polar surface area (TPSA) is 139 Å². The number of anilines is 2. The van der Waals surface area contributed by atoms with Crippen LogP contribution in [0.2, 0.25) is 0 Å². The van der Waals surface area contributed by atoms with Gasteiger partial charge in [0.2, 0.25) is 11.7 Å². The van der Waals surface area contributed by atoms with Gasteiger partial charge in [-0.3, -0.25) is 15.0 Å². The van der Waals surface area contributed by atoms with E-state index in [9.17, 15) is 14.9 Å². The Labute approximate surface area is 203 Å². The molecule has 0 unspecified atom stereocenters. The number of hydrogen-bond donors (Lipinski definition) is 1. The smallest absolute Gasteiger partial charge is 0.414 e. The predicted octanol–water partition coefficient (Wildman–Crippen LogP) is 4.65. The largest absolute Gasteiger partial charge is 0.497 e. The molecular weight excluding hydrogens is 456 g/mol.